The van der Waals surface area contributed by atoms with Crippen LogP contribution >= 0.6 is 0 Å². The van der Waals surface area contributed by atoms with Crippen LogP contribution in [0.15, 0.2) is 0 Å². The normalized spacial score (nSPS) is 13.1. The fourth-order valence-corrected chi connectivity index (χ4v) is 1.22. The molecule has 16 heavy (non-hydrogen) atoms. The maximum absolute atomic E-state index is 11.8. The number of rotatable bonds is 7. The zero-order chi connectivity index (χ0) is 12.7. The van der Waals surface area contributed by atoms with E-state index in [1.165, 1.54) is 0 Å². The molecule has 0 aliphatic heterocycles. The van der Waals surface area contributed by atoms with Gasteiger partial charge in [-0.2, -0.15) is 13.2 Å². The van der Waals surface area contributed by atoms with Crippen molar-refractivity contribution in [3.05, 3.63) is 0 Å². The highest BCUT2D eigenvalue weighted by molar-refractivity contribution is 4.69. The molecule has 2 nitrogen and oxygen atoms in total. The fraction of sp³-hybridized carbons (Fsp3) is 1.00. The minimum atomic E-state index is -4.02. The van der Waals surface area contributed by atoms with Gasteiger partial charge < -0.3 is 10.6 Å². The van der Waals surface area contributed by atoms with Gasteiger partial charge in [-0.1, -0.05) is 0 Å². The van der Waals surface area contributed by atoms with E-state index in [1.807, 2.05) is 0 Å². The molecular weight excluding hydrogens is 217 g/mol. The molecule has 0 fully saturated rings. The first-order valence-corrected chi connectivity index (χ1v) is 5.73. The van der Waals surface area contributed by atoms with Crippen LogP contribution in [0.3, 0.4) is 0 Å². The van der Waals surface area contributed by atoms with Gasteiger partial charge in [-0.25, -0.2) is 0 Å². The highest BCUT2D eigenvalue weighted by atomic mass is 19.4. The lowest BCUT2D eigenvalue weighted by Gasteiger charge is -2.20. The van der Waals surface area contributed by atoms with Gasteiger partial charge in [0.1, 0.15) is 0 Å². The lowest BCUT2D eigenvalue weighted by atomic mass is 10.1. The first kappa shape index (κ1) is 15.7. The van der Waals surface area contributed by atoms with Crippen LogP contribution in [0.1, 0.15) is 40.0 Å². The molecule has 0 rings (SSSR count). The lowest BCUT2D eigenvalue weighted by molar-refractivity contribution is -0.135. The molecule has 0 unspecified atom stereocenters. The summed E-state index contributed by atoms with van der Waals surface area (Å²) in [7, 11) is 0. The van der Waals surface area contributed by atoms with E-state index in [0.717, 1.165) is 19.5 Å². The highest BCUT2D eigenvalue weighted by Gasteiger charge is 2.25. The van der Waals surface area contributed by atoms with Crippen LogP contribution in [0.4, 0.5) is 13.2 Å². The maximum atomic E-state index is 11.8. The van der Waals surface area contributed by atoms with Crippen LogP contribution in [0.2, 0.25) is 0 Å². The monoisotopic (exact) mass is 240 g/mol. The van der Waals surface area contributed by atoms with Crippen molar-refractivity contribution in [2.75, 3.05) is 19.6 Å². The molecule has 0 aromatic carbocycles. The Hall–Kier alpha value is -0.290. The summed E-state index contributed by atoms with van der Waals surface area (Å²) >= 11 is 0. The lowest BCUT2D eigenvalue weighted by Crippen LogP contribution is -2.37. The van der Waals surface area contributed by atoms with E-state index in [9.17, 15) is 13.2 Å². The molecule has 0 radical (unpaired) electrons. The number of hydrogen-bond donors (Lipinski definition) is 2. The average Bonchev–Trinajstić information content (AvgIpc) is 2.06. The number of halogens is 3. The van der Waals surface area contributed by atoms with Gasteiger partial charge in [0.05, 0.1) is 0 Å². The Morgan fingerprint density at radius 2 is 1.44 bits per heavy atom. The Labute approximate surface area is 96.0 Å². The van der Waals surface area contributed by atoms with Crippen LogP contribution in [0, 0.1) is 0 Å². The molecule has 0 spiro atoms. The van der Waals surface area contributed by atoms with Crippen LogP contribution in [0.25, 0.3) is 0 Å². The summed E-state index contributed by atoms with van der Waals surface area (Å²) in [4.78, 5) is 0. The molecule has 0 saturated carbocycles. The van der Waals surface area contributed by atoms with E-state index < -0.39 is 12.6 Å². The van der Waals surface area contributed by atoms with Gasteiger partial charge in [0.15, 0.2) is 0 Å². The molecule has 98 valence electrons. The quantitative estimate of drug-likeness (QED) is 0.669. The van der Waals surface area contributed by atoms with E-state index in [1.54, 1.807) is 0 Å². The number of nitrogens with one attached hydrogen (secondary N) is 2. The third-order valence-corrected chi connectivity index (χ3v) is 2.00. The molecule has 0 aromatic rings. The second-order valence-electron chi connectivity index (χ2n) is 5.00. The molecule has 0 aliphatic rings. The zero-order valence-electron chi connectivity index (χ0n) is 10.4. The summed E-state index contributed by atoms with van der Waals surface area (Å²) in [5.74, 6) is 0. The molecule has 0 aromatic heterocycles. The maximum Gasteiger partial charge on any atom is 0.389 e. The van der Waals surface area contributed by atoms with Gasteiger partial charge in [-0.3, -0.25) is 0 Å². The van der Waals surface area contributed by atoms with Crippen LogP contribution < -0.4 is 10.6 Å². The van der Waals surface area contributed by atoms with E-state index in [0.29, 0.717) is 6.54 Å². The Morgan fingerprint density at radius 1 is 0.875 bits per heavy atom. The molecule has 0 aliphatic carbocycles. The molecule has 0 amide bonds. The van der Waals surface area contributed by atoms with Crippen molar-refractivity contribution in [2.24, 2.45) is 0 Å². The van der Waals surface area contributed by atoms with E-state index in [4.69, 9.17) is 0 Å². The first-order chi connectivity index (χ1) is 7.21. The zero-order valence-corrected chi connectivity index (χ0v) is 10.4. The largest absolute Gasteiger partial charge is 0.389 e. The van der Waals surface area contributed by atoms with E-state index in [2.05, 4.69) is 31.4 Å². The van der Waals surface area contributed by atoms with E-state index in [-0.39, 0.29) is 12.0 Å². The summed E-state index contributed by atoms with van der Waals surface area (Å²) in [6, 6.07) is 0. The van der Waals surface area contributed by atoms with Crippen molar-refractivity contribution >= 4 is 0 Å². The van der Waals surface area contributed by atoms with Gasteiger partial charge in [0, 0.05) is 12.0 Å². The Kier molecular flexibility index (Phi) is 6.99. The van der Waals surface area contributed by atoms with Crippen LogP contribution in [-0.2, 0) is 0 Å². The van der Waals surface area contributed by atoms with Gasteiger partial charge >= 0.3 is 6.18 Å². The van der Waals surface area contributed by atoms with Crippen molar-refractivity contribution in [3.8, 4) is 0 Å². The second-order valence-corrected chi connectivity index (χ2v) is 5.00. The molecule has 0 atom stereocenters. The van der Waals surface area contributed by atoms with Crippen LogP contribution in [-0.4, -0.2) is 31.3 Å². The number of hydrogen-bond acceptors (Lipinski definition) is 2. The fourth-order valence-electron chi connectivity index (χ4n) is 1.22. The van der Waals surface area contributed by atoms with Gasteiger partial charge in [0.25, 0.3) is 0 Å². The first-order valence-electron chi connectivity index (χ1n) is 5.73. The predicted molar refractivity (Wildman–Crippen MR) is 60.5 cm³/mol. The minimum Gasteiger partial charge on any atom is -0.317 e. The summed E-state index contributed by atoms with van der Waals surface area (Å²) < 4.78 is 35.3. The minimum absolute atomic E-state index is 0.107. The standard InChI is InChI=1S/C11H23F3N2/c1-10(2,3)16-9-5-8-15-7-4-6-11(12,13)14/h15-16H,4-9H2,1-3H3. The Bertz CT molecular complexity index is 153. The van der Waals surface area contributed by atoms with Crippen molar-refractivity contribution in [1.82, 2.24) is 10.6 Å². The van der Waals surface area contributed by atoms with Gasteiger partial charge in [-0.15, -0.1) is 0 Å². The summed E-state index contributed by atoms with van der Waals surface area (Å²) in [5, 5.41) is 6.32. The Morgan fingerprint density at radius 3 is 1.94 bits per heavy atom. The van der Waals surface area contributed by atoms with Crippen molar-refractivity contribution in [3.63, 3.8) is 0 Å². The SMILES string of the molecule is CC(C)(C)NCCCNCCCC(F)(F)F. The smallest absolute Gasteiger partial charge is 0.317 e. The van der Waals surface area contributed by atoms with Crippen molar-refractivity contribution < 1.29 is 13.2 Å². The summed E-state index contributed by atoms with van der Waals surface area (Å²) in [6.07, 6.45) is -3.62. The van der Waals surface area contributed by atoms with Gasteiger partial charge in [0.2, 0.25) is 0 Å². The highest BCUT2D eigenvalue weighted by Crippen LogP contribution is 2.20. The van der Waals surface area contributed by atoms with Crippen LogP contribution in [0.5, 0.6) is 0 Å². The van der Waals surface area contributed by atoms with Gasteiger partial charge in [-0.05, 0) is 53.2 Å². The molecule has 5 heteroatoms. The number of alkyl halides is 3. The molecule has 0 heterocycles. The third-order valence-electron chi connectivity index (χ3n) is 2.00. The predicted octanol–water partition coefficient (Wildman–Crippen LogP) is 2.70. The van der Waals surface area contributed by atoms with Crippen molar-refractivity contribution in [2.45, 2.75) is 51.7 Å². The van der Waals surface area contributed by atoms with Crippen molar-refractivity contribution in [1.29, 1.82) is 0 Å². The molecule has 0 saturated heterocycles. The molecular formula is C11H23F3N2. The topological polar surface area (TPSA) is 24.1 Å². The molecule has 0 bridgehead atoms. The third kappa shape index (κ3) is 13.7. The summed E-state index contributed by atoms with van der Waals surface area (Å²) in [6.45, 7) is 8.35. The second kappa shape index (κ2) is 7.12. The summed E-state index contributed by atoms with van der Waals surface area (Å²) in [5.41, 5.74) is 0.107. The Balaban J connectivity index is 3.17. The van der Waals surface area contributed by atoms with E-state index >= 15 is 0 Å². The average molecular weight is 240 g/mol. The molecule has 2 N–H and O–H groups in total.